The van der Waals surface area contributed by atoms with Gasteiger partial charge in [0.2, 0.25) is 0 Å². The average Bonchev–Trinajstić information content (AvgIpc) is 3.01. The summed E-state index contributed by atoms with van der Waals surface area (Å²) < 4.78 is 13.4. The topological polar surface area (TPSA) is 55.7 Å². The molecular weight excluding hydrogens is 304 g/mol. The Balaban J connectivity index is 1.83. The first-order valence-corrected chi connectivity index (χ1v) is 7.64. The van der Waals surface area contributed by atoms with Crippen LogP contribution in [-0.2, 0) is 6.61 Å². The summed E-state index contributed by atoms with van der Waals surface area (Å²) in [5.74, 6) is 1.27. The van der Waals surface area contributed by atoms with E-state index in [2.05, 4.69) is 4.98 Å². The zero-order valence-electron chi connectivity index (χ0n) is 13.2. The molecular formula is C19H16N2O3. The molecule has 1 N–H and O–H groups in total. The molecule has 0 saturated carbocycles. The molecule has 0 amide bonds. The first-order valence-electron chi connectivity index (χ1n) is 7.64. The zero-order chi connectivity index (χ0) is 16.5. The van der Waals surface area contributed by atoms with Crippen molar-refractivity contribution in [1.82, 2.24) is 9.38 Å². The second kappa shape index (κ2) is 5.77. The Bertz CT molecular complexity index is 1060. The summed E-state index contributed by atoms with van der Waals surface area (Å²) in [5, 5.41) is 0.926. The minimum absolute atomic E-state index is 0.137. The minimum Gasteiger partial charge on any atom is -0.491 e. The lowest BCUT2D eigenvalue weighted by Gasteiger charge is -2.12. The van der Waals surface area contributed by atoms with Crippen LogP contribution in [0.4, 0.5) is 0 Å². The van der Waals surface area contributed by atoms with Gasteiger partial charge in [-0.2, -0.15) is 0 Å². The molecule has 4 rings (SSSR count). The van der Waals surface area contributed by atoms with Crippen LogP contribution in [0.2, 0.25) is 0 Å². The minimum atomic E-state index is -0.137. The molecule has 0 saturated heterocycles. The van der Waals surface area contributed by atoms with E-state index in [1.165, 1.54) is 0 Å². The van der Waals surface area contributed by atoms with Gasteiger partial charge in [0.1, 0.15) is 12.1 Å². The third-order valence-electron chi connectivity index (χ3n) is 4.03. The highest BCUT2D eigenvalue weighted by molar-refractivity contribution is 5.93. The van der Waals surface area contributed by atoms with Gasteiger partial charge in [-0.05, 0) is 23.8 Å². The Hall–Kier alpha value is -3.21. The maximum atomic E-state index is 12.0. The largest absolute Gasteiger partial charge is 0.491 e. The Kier molecular flexibility index (Phi) is 3.46. The summed E-state index contributed by atoms with van der Waals surface area (Å²) in [5.41, 5.74) is 2.34. The van der Waals surface area contributed by atoms with Crippen molar-refractivity contribution in [3.63, 3.8) is 0 Å². The number of nitrogens with zero attached hydrogens (tertiary/aromatic N) is 1. The third kappa shape index (κ3) is 2.31. The molecule has 4 aromatic rings. The van der Waals surface area contributed by atoms with Gasteiger partial charge in [-0.25, -0.2) is 0 Å². The number of rotatable bonds is 4. The Morgan fingerprint density at radius 2 is 1.96 bits per heavy atom. The average molecular weight is 320 g/mol. The van der Waals surface area contributed by atoms with Crippen molar-refractivity contribution >= 4 is 16.4 Å². The van der Waals surface area contributed by atoms with E-state index in [-0.39, 0.29) is 5.56 Å². The van der Waals surface area contributed by atoms with E-state index in [9.17, 15) is 4.79 Å². The van der Waals surface area contributed by atoms with Gasteiger partial charge >= 0.3 is 0 Å². The molecule has 0 aliphatic heterocycles. The van der Waals surface area contributed by atoms with E-state index in [1.54, 1.807) is 13.3 Å². The fraction of sp³-hybridized carbons (Fsp3) is 0.105. The van der Waals surface area contributed by atoms with E-state index in [0.29, 0.717) is 23.6 Å². The number of hydrogen-bond donors (Lipinski definition) is 1. The lowest BCUT2D eigenvalue weighted by molar-refractivity contribution is 0.286. The fourth-order valence-corrected chi connectivity index (χ4v) is 2.91. The molecule has 0 fully saturated rings. The number of aromatic nitrogens is 2. The zero-order valence-corrected chi connectivity index (χ0v) is 13.2. The lowest BCUT2D eigenvalue weighted by atomic mass is 10.2. The monoisotopic (exact) mass is 320 g/mol. The number of H-pyrrole nitrogens is 1. The van der Waals surface area contributed by atoms with Gasteiger partial charge in [0.25, 0.3) is 5.56 Å². The number of nitrogens with one attached hydrogen (secondary N) is 1. The molecule has 0 radical (unpaired) electrons. The Morgan fingerprint density at radius 1 is 1.12 bits per heavy atom. The molecule has 0 spiro atoms. The van der Waals surface area contributed by atoms with Crippen molar-refractivity contribution in [3.05, 3.63) is 76.8 Å². The van der Waals surface area contributed by atoms with Crippen LogP contribution in [0.3, 0.4) is 0 Å². The quantitative estimate of drug-likeness (QED) is 0.627. The third-order valence-corrected chi connectivity index (χ3v) is 4.03. The summed E-state index contributed by atoms with van der Waals surface area (Å²) in [6, 6.07) is 15.6. The molecule has 0 aliphatic carbocycles. The van der Waals surface area contributed by atoms with Crippen LogP contribution in [0.5, 0.6) is 11.5 Å². The Labute approximate surface area is 138 Å². The molecule has 2 aromatic heterocycles. The van der Waals surface area contributed by atoms with Crippen molar-refractivity contribution in [2.24, 2.45) is 0 Å². The van der Waals surface area contributed by atoms with Gasteiger partial charge in [0.05, 0.1) is 12.6 Å². The number of fused-ring (bicyclic) bond motifs is 3. The lowest BCUT2D eigenvalue weighted by Crippen LogP contribution is -2.07. The van der Waals surface area contributed by atoms with Crippen LogP contribution in [0.25, 0.3) is 16.4 Å². The van der Waals surface area contributed by atoms with E-state index >= 15 is 0 Å². The van der Waals surface area contributed by atoms with Crippen LogP contribution >= 0.6 is 0 Å². The summed E-state index contributed by atoms with van der Waals surface area (Å²) in [4.78, 5) is 14.7. The van der Waals surface area contributed by atoms with Crippen LogP contribution < -0.4 is 15.0 Å². The van der Waals surface area contributed by atoms with Gasteiger partial charge in [-0.3, -0.25) is 4.79 Å². The number of hydrogen-bond acceptors (Lipinski definition) is 3. The fourth-order valence-electron chi connectivity index (χ4n) is 2.91. The number of methoxy groups -OCH3 is 1. The first-order chi connectivity index (χ1) is 11.8. The number of aromatic amines is 1. The van der Waals surface area contributed by atoms with Crippen LogP contribution in [-0.4, -0.2) is 16.5 Å². The van der Waals surface area contributed by atoms with Gasteiger partial charge in [0.15, 0.2) is 11.5 Å². The van der Waals surface area contributed by atoms with E-state index in [0.717, 1.165) is 16.5 Å². The normalized spacial score (nSPS) is 11.0. The summed E-state index contributed by atoms with van der Waals surface area (Å²) in [6.45, 7) is 0.451. The van der Waals surface area contributed by atoms with Crippen molar-refractivity contribution in [2.45, 2.75) is 6.61 Å². The standard InChI is InChI=1S/C19H16N2O3/c1-23-18-16(24-12-13-5-3-2-4-6-13)8-7-14-11-15-19(22)20-9-10-21(15)17(14)18/h2-11H,12H2,1H3,(H,20,22). The molecule has 5 nitrogen and oxygen atoms in total. The smallest absolute Gasteiger partial charge is 0.272 e. The first kappa shape index (κ1) is 14.4. The molecule has 0 unspecified atom stereocenters. The highest BCUT2D eigenvalue weighted by Crippen LogP contribution is 2.37. The van der Waals surface area contributed by atoms with E-state index in [1.807, 2.05) is 59.1 Å². The van der Waals surface area contributed by atoms with Gasteiger partial charge in [0, 0.05) is 17.8 Å². The second-order valence-corrected chi connectivity index (χ2v) is 5.50. The molecule has 2 aromatic carbocycles. The van der Waals surface area contributed by atoms with Crippen LogP contribution in [0.1, 0.15) is 5.56 Å². The van der Waals surface area contributed by atoms with Crippen LogP contribution in [0.15, 0.2) is 65.7 Å². The predicted molar refractivity (Wildman–Crippen MR) is 92.8 cm³/mol. The summed E-state index contributed by atoms with van der Waals surface area (Å²) in [7, 11) is 1.61. The Morgan fingerprint density at radius 3 is 2.75 bits per heavy atom. The molecule has 0 bridgehead atoms. The van der Waals surface area contributed by atoms with E-state index in [4.69, 9.17) is 9.47 Å². The van der Waals surface area contributed by atoms with E-state index < -0.39 is 0 Å². The predicted octanol–water partition coefficient (Wildman–Crippen LogP) is 3.37. The second-order valence-electron chi connectivity index (χ2n) is 5.50. The highest BCUT2D eigenvalue weighted by atomic mass is 16.5. The molecule has 24 heavy (non-hydrogen) atoms. The molecule has 0 aliphatic rings. The maximum Gasteiger partial charge on any atom is 0.272 e. The van der Waals surface area contributed by atoms with Crippen molar-refractivity contribution in [2.75, 3.05) is 7.11 Å². The maximum absolute atomic E-state index is 12.0. The molecule has 120 valence electrons. The van der Waals surface area contributed by atoms with Gasteiger partial charge < -0.3 is 18.9 Å². The SMILES string of the molecule is COc1c(OCc2ccccc2)ccc2cc3c(=O)[nH]ccn3c12. The van der Waals surface area contributed by atoms with Gasteiger partial charge in [-0.15, -0.1) is 0 Å². The van der Waals surface area contributed by atoms with Crippen molar-refractivity contribution < 1.29 is 9.47 Å². The molecule has 2 heterocycles. The summed E-state index contributed by atoms with van der Waals surface area (Å²) >= 11 is 0. The van der Waals surface area contributed by atoms with Crippen molar-refractivity contribution in [1.29, 1.82) is 0 Å². The number of ether oxygens (including phenoxy) is 2. The molecule has 5 heteroatoms. The van der Waals surface area contributed by atoms with Crippen LogP contribution in [0, 0.1) is 0 Å². The molecule has 0 atom stereocenters. The summed E-state index contributed by atoms with van der Waals surface area (Å²) in [6.07, 6.45) is 3.42. The highest BCUT2D eigenvalue weighted by Gasteiger charge is 2.15. The van der Waals surface area contributed by atoms with Gasteiger partial charge in [-0.1, -0.05) is 30.3 Å². The number of benzene rings is 2. The van der Waals surface area contributed by atoms with Crippen molar-refractivity contribution in [3.8, 4) is 11.5 Å².